The van der Waals surface area contributed by atoms with Gasteiger partial charge in [-0.2, -0.15) is 10.1 Å². The maximum atomic E-state index is 14.3. The predicted octanol–water partition coefficient (Wildman–Crippen LogP) is 9.70. The molecule has 2 aliphatic carbocycles. The van der Waals surface area contributed by atoms with Gasteiger partial charge in [-0.05, 0) is 131 Å². The number of thioether (sulfide) groups is 2. The Bertz CT molecular complexity index is 2880. The average Bonchev–Trinajstić information content (AvgIpc) is 4.16. The molecule has 0 saturated heterocycles. The molecule has 2 fully saturated rings. The number of fused-ring (bicyclic) bond motifs is 1. The molecule has 4 aromatic rings. The van der Waals surface area contributed by atoms with Gasteiger partial charge in [0.2, 0.25) is 0 Å². The molecule has 4 aromatic carbocycles. The smallest absolute Gasteiger partial charge is 0.359 e. The monoisotopic (exact) mass is 1130 g/mol. The van der Waals surface area contributed by atoms with Crippen LogP contribution in [0.1, 0.15) is 91.8 Å². The molecule has 0 spiro atoms. The lowest BCUT2D eigenvalue weighted by Gasteiger charge is -2.27. The first-order chi connectivity index (χ1) is 38.8. The van der Waals surface area contributed by atoms with E-state index in [1.807, 2.05) is 0 Å². The summed E-state index contributed by atoms with van der Waals surface area (Å²) in [7, 11) is 0. The van der Waals surface area contributed by atoms with Gasteiger partial charge in [0, 0.05) is 25.0 Å². The van der Waals surface area contributed by atoms with Crippen LogP contribution in [0.25, 0.3) is 0 Å². The van der Waals surface area contributed by atoms with Gasteiger partial charge in [-0.25, -0.2) is 24.0 Å². The van der Waals surface area contributed by atoms with E-state index < -0.39 is 71.7 Å². The van der Waals surface area contributed by atoms with Crippen LogP contribution in [0.4, 0.5) is 5.69 Å². The molecule has 2 aliphatic heterocycles. The highest BCUT2D eigenvalue weighted by atomic mass is 32.2. The number of benzene rings is 4. The van der Waals surface area contributed by atoms with E-state index in [4.69, 9.17) is 42.6 Å². The first-order valence-electron chi connectivity index (χ1n) is 26.1. The van der Waals surface area contributed by atoms with Crippen molar-refractivity contribution in [3.63, 3.8) is 0 Å². The fourth-order valence-corrected chi connectivity index (χ4v) is 11.5. The molecule has 2 saturated carbocycles. The Kier molecular flexibility index (Phi) is 20.4. The summed E-state index contributed by atoms with van der Waals surface area (Å²) in [6.45, 7) is 9.33. The van der Waals surface area contributed by atoms with E-state index in [1.54, 1.807) is 85.8 Å². The quantitative estimate of drug-likeness (QED) is 0.0221. The summed E-state index contributed by atoms with van der Waals surface area (Å²) in [5, 5.41) is 5.53. The molecule has 8 rings (SSSR count). The summed E-state index contributed by atoms with van der Waals surface area (Å²) in [4.78, 5) is 105. The number of anilines is 1. The number of ether oxygens (including phenoxy) is 9. The zero-order chi connectivity index (χ0) is 56.5. The van der Waals surface area contributed by atoms with E-state index in [0.717, 1.165) is 40.7 Å². The normalized spacial score (nSPS) is 18.4. The van der Waals surface area contributed by atoms with E-state index in [9.17, 15) is 38.4 Å². The first kappa shape index (κ1) is 58.0. The van der Waals surface area contributed by atoms with Crippen molar-refractivity contribution in [1.29, 1.82) is 0 Å². The third kappa shape index (κ3) is 15.1. The first-order valence-corrected chi connectivity index (χ1v) is 27.8. The Morgan fingerprint density at radius 1 is 0.575 bits per heavy atom. The minimum absolute atomic E-state index is 0.0190. The van der Waals surface area contributed by atoms with Crippen LogP contribution in [0, 0.1) is 11.8 Å². The highest BCUT2D eigenvalue weighted by Gasteiger charge is 2.43. The Morgan fingerprint density at radius 2 is 1.02 bits per heavy atom. The Hall–Kier alpha value is -8.17. The Labute approximate surface area is 469 Å². The number of amides is 1. The summed E-state index contributed by atoms with van der Waals surface area (Å²) in [5.74, 6) is -4.24. The topological polar surface area (TPSA) is 235 Å². The van der Waals surface area contributed by atoms with Crippen LogP contribution in [0.2, 0.25) is 0 Å². The second-order valence-electron chi connectivity index (χ2n) is 18.5. The Morgan fingerprint density at radius 3 is 1.45 bits per heavy atom. The van der Waals surface area contributed by atoms with Crippen LogP contribution in [-0.2, 0) is 52.5 Å². The second-order valence-corrected chi connectivity index (χ2v) is 20.8. The van der Waals surface area contributed by atoms with Crippen LogP contribution in [0.3, 0.4) is 0 Å². The number of nitrogens with zero attached hydrogens (tertiary/aromatic N) is 2. The molecule has 0 radical (unpaired) electrons. The summed E-state index contributed by atoms with van der Waals surface area (Å²) in [6, 6.07) is 24.6. The highest BCUT2D eigenvalue weighted by molar-refractivity contribution is 8.25. The summed E-state index contributed by atoms with van der Waals surface area (Å²) >= 11 is 2.14. The number of rotatable bonds is 23. The lowest BCUT2D eigenvalue weighted by molar-refractivity contribution is -0.142. The zero-order valence-corrected chi connectivity index (χ0v) is 45.4. The second kappa shape index (κ2) is 28.1. The third-order valence-electron chi connectivity index (χ3n) is 13.0. The fraction of sp³-hybridized carbons (Fsp3) is 0.339. The molecule has 19 nitrogen and oxygen atoms in total. The van der Waals surface area contributed by atoms with E-state index in [1.165, 1.54) is 12.1 Å². The molecular formula is C59H58N2O17S2. The molecule has 2 heterocycles. The maximum Gasteiger partial charge on any atom is 0.359 e. The van der Waals surface area contributed by atoms with Crippen molar-refractivity contribution in [1.82, 2.24) is 0 Å². The van der Waals surface area contributed by atoms with Gasteiger partial charge in [0.05, 0.1) is 81.3 Å². The highest BCUT2D eigenvalue weighted by Crippen LogP contribution is 2.60. The van der Waals surface area contributed by atoms with Gasteiger partial charge in [-0.15, -0.1) is 0 Å². The molecule has 0 unspecified atom stereocenters. The fourth-order valence-electron chi connectivity index (χ4n) is 8.85. The number of carbonyl (C=O) groups is 8. The molecular weight excluding hydrogens is 1070 g/mol. The maximum absolute atomic E-state index is 14.3. The number of carbonyl (C=O) groups excluding carboxylic acids is 8. The van der Waals surface area contributed by atoms with Gasteiger partial charge in [-0.1, -0.05) is 54.9 Å². The molecule has 0 aromatic heterocycles. The number of hydrogen-bond acceptors (Lipinski definition) is 20. The third-order valence-corrected chi connectivity index (χ3v) is 15.7. The number of para-hydroxylation sites is 1. The van der Waals surface area contributed by atoms with E-state index in [0.29, 0.717) is 120 Å². The molecule has 80 heavy (non-hydrogen) atoms. The van der Waals surface area contributed by atoms with Gasteiger partial charge in [0.1, 0.15) is 35.2 Å². The molecule has 1 amide bonds. The van der Waals surface area contributed by atoms with Crippen molar-refractivity contribution in [3.8, 4) is 23.0 Å². The number of hydrazone groups is 1. The molecule has 0 N–H and O–H groups in total. The number of esters is 7. The SMILES string of the molecule is C=CC(=O)OCCCOc1ccc(C(=O)OC2CCC(C(=O)Oc3ccc(OC(=O)C4CCC(OC(=O)c5ccc(OCCCOC(=O)C=C)cc5)CC4)c4c3SC(=C3C(=O)N(c5ccccc5)N=C3C(=O)OCC)S4)CC2)cc1. The van der Waals surface area contributed by atoms with Crippen LogP contribution in [-0.4, -0.2) is 98.6 Å². The summed E-state index contributed by atoms with van der Waals surface area (Å²) in [5.41, 5.74) is 0.817. The van der Waals surface area contributed by atoms with Gasteiger partial charge in [0.15, 0.2) is 5.71 Å². The van der Waals surface area contributed by atoms with Crippen molar-refractivity contribution in [2.45, 2.75) is 93.1 Å². The molecule has 418 valence electrons. The minimum Gasteiger partial charge on any atom is -0.493 e. The van der Waals surface area contributed by atoms with E-state index in [2.05, 4.69) is 18.3 Å². The molecule has 4 aliphatic rings. The largest absolute Gasteiger partial charge is 0.493 e. The summed E-state index contributed by atoms with van der Waals surface area (Å²) < 4.78 is 50.8. The number of hydrogen-bond donors (Lipinski definition) is 0. The van der Waals surface area contributed by atoms with Crippen molar-refractivity contribution >= 4 is 82.6 Å². The van der Waals surface area contributed by atoms with Crippen molar-refractivity contribution in [2.24, 2.45) is 16.9 Å². The van der Waals surface area contributed by atoms with Gasteiger partial charge >= 0.3 is 41.8 Å². The van der Waals surface area contributed by atoms with E-state index in [-0.39, 0.29) is 42.6 Å². The average molecular weight is 1130 g/mol. The predicted molar refractivity (Wildman–Crippen MR) is 292 cm³/mol. The van der Waals surface area contributed by atoms with Crippen LogP contribution in [0.5, 0.6) is 23.0 Å². The van der Waals surface area contributed by atoms with Crippen molar-refractivity contribution in [3.05, 3.63) is 137 Å². The lowest BCUT2D eigenvalue weighted by Crippen LogP contribution is -2.30. The molecule has 21 heteroatoms. The minimum atomic E-state index is -0.817. The van der Waals surface area contributed by atoms with Crippen LogP contribution in [0.15, 0.2) is 141 Å². The standard InChI is InChI=1S/C59H58N2O17S2/c1-4-47(62)73-34-10-32-71-41-22-14-36(15-23-41)54(65)75-43-26-18-38(19-27-43)56(67)77-45-30-31-46(52-51(45)79-59(80-52)49-50(58(69)70-6-3)60-61(53(49)64)40-12-8-7-9-13-40)78-57(68)39-20-28-44(29-21-39)76-55(66)37-16-24-42(25-17-37)72-33-11-35-74-48(63)5-2/h4-5,7-9,12-17,22-25,30-31,38-39,43-44H,1-2,6,10-11,18-21,26-29,32-35H2,3H3. The Balaban J connectivity index is 0.903. The van der Waals surface area contributed by atoms with E-state index >= 15 is 0 Å². The van der Waals surface area contributed by atoms with Crippen molar-refractivity contribution in [2.75, 3.05) is 38.0 Å². The zero-order valence-electron chi connectivity index (χ0n) is 43.8. The lowest BCUT2D eigenvalue weighted by atomic mass is 9.87. The van der Waals surface area contributed by atoms with Crippen molar-refractivity contribution < 1.29 is 81.0 Å². The summed E-state index contributed by atoms with van der Waals surface area (Å²) in [6.07, 6.45) is 5.34. The van der Waals surface area contributed by atoms with Gasteiger partial charge in [0.25, 0.3) is 5.91 Å². The molecule has 0 atom stereocenters. The van der Waals surface area contributed by atoms with Crippen LogP contribution < -0.4 is 24.0 Å². The van der Waals surface area contributed by atoms with Gasteiger partial charge < -0.3 is 42.6 Å². The van der Waals surface area contributed by atoms with Crippen LogP contribution >= 0.6 is 23.5 Å². The molecule has 0 bridgehead atoms. The van der Waals surface area contributed by atoms with Gasteiger partial charge in [-0.3, -0.25) is 14.4 Å².